The highest BCUT2D eigenvalue weighted by atomic mass is 79.9. The zero-order valence-electron chi connectivity index (χ0n) is 10.4. The molecule has 3 aromatic rings. The Balaban J connectivity index is 1.73. The third-order valence-corrected chi connectivity index (χ3v) is 3.15. The summed E-state index contributed by atoms with van der Waals surface area (Å²) in [4.78, 5) is 4.38. The molecule has 1 aromatic carbocycles. The van der Waals surface area contributed by atoms with E-state index in [0.29, 0.717) is 6.54 Å². The predicted molar refractivity (Wildman–Crippen MR) is 78.4 cm³/mol. The predicted octanol–water partition coefficient (Wildman–Crippen LogP) is 2.43. The van der Waals surface area contributed by atoms with E-state index in [1.165, 1.54) is 0 Å². The summed E-state index contributed by atoms with van der Waals surface area (Å²) in [5.74, 6) is 0. The fourth-order valence-corrected chi connectivity index (χ4v) is 2.16. The monoisotopic (exact) mass is 330 g/mol. The van der Waals surface area contributed by atoms with Crippen molar-refractivity contribution < 1.29 is 0 Å². The van der Waals surface area contributed by atoms with Crippen LogP contribution in [0.25, 0.3) is 5.69 Å². The summed E-state index contributed by atoms with van der Waals surface area (Å²) >= 11 is 3.36. The molecule has 0 radical (unpaired) electrons. The number of rotatable bonds is 4. The third kappa shape index (κ3) is 3.00. The van der Waals surface area contributed by atoms with Gasteiger partial charge in [-0.25, -0.2) is 9.67 Å². The molecular weight excluding hydrogens is 320 g/mol. The van der Waals surface area contributed by atoms with Gasteiger partial charge in [0.25, 0.3) is 0 Å². The number of aromatic nitrogens is 5. The second kappa shape index (κ2) is 5.79. The van der Waals surface area contributed by atoms with Crippen LogP contribution in [0.2, 0.25) is 0 Å². The first-order valence-corrected chi connectivity index (χ1v) is 6.79. The molecule has 0 fully saturated rings. The van der Waals surface area contributed by atoms with Crippen LogP contribution in [0.3, 0.4) is 0 Å². The highest BCUT2D eigenvalue weighted by Crippen LogP contribution is 2.14. The number of benzene rings is 1. The van der Waals surface area contributed by atoms with Gasteiger partial charge in [-0.3, -0.25) is 0 Å². The van der Waals surface area contributed by atoms with Gasteiger partial charge in [-0.2, -0.15) is 0 Å². The zero-order valence-corrected chi connectivity index (χ0v) is 12.0. The van der Waals surface area contributed by atoms with E-state index >= 15 is 0 Å². The van der Waals surface area contributed by atoms with Gasteiger partial charge >= 0.3 is 0 Å². The first kappa shape index (κ1) is 12.7. The fraction of sp³-hybridized carbons (Fsp3) is 0.0769. The second-order valence-electron chi connectivity index (χ2n) is 4.11. The summed E-state index contributed by atoms with van der Waals surface area (Å²) < 4.78 is 2.45. The van der Waals surface area contributed by atoms with Crippen LogP contribution in [0.5, 0.6) is 0 Å². The minimum absolute atomic E-state index is 0.651. The molecule has 7 heteroatoms. The Morgan fingerprint density at radius 2 is 2.05 bits per heavy atom. The van der Waals surface area contributed by atoms with E-state index in [-0.39, 0.29) is 0 Å². The molecule has 0 bridgehead atoms. The Kier molecular flexibility index (Phi) is 3.69. The lowest BCUT2D eigenvalue weighted by Gasteiger charge is -2.08. The number of nitrogens with zero attached hydrogens (tertiary/aromatic N) is 5. The molecule has 100 valence electrons. The Labute approximate surface area is 124 Å². The summed E-state index contributed by atoms with van der Waals surface area (Å²) in [5.41, 5.74) is 2.86. The van der Waals surface area contributed by atoms with Crippen molar-refractivity contribution in [2.24, 2.45) is 0 Å². The summed E-state index contributed by atoms with van der Waals surface area (Å²) in [7, 11) is 0. The van der Waals surface area contributed by atoms with E-state index in [9.17, 15) is 0 Å². The molecule has 0 atom stereocenters. The summed E-state index contributed by atoms with van der Waals surface area (Å²) in [5, 5.41) is 14.4. The van der Waals surface area contributed by atoms with E-state index in [4.69, 9.17) is 0 Å². The minimum Gasteiger partial charge on any atom is -0.379 e. The van der Waals surface area contributed by atoms with Crippen molar-refractivity contribution >= 4 is 21.6 Å². The highest BCUT2D eigenvalue weighted by molar-refractivity contribution is 9.10. The number of pyridine rings is 1. The Hall–Kier alpha value is -2.28. The molecule has 2 heterocycles. The second-order valence-corrected chi connectivity index (χ2v) is 4.92. The number of hydrogen-bond donors (Lipinski definition) is 1. The number of hydrogen-bond acceptors (Lipinski definition) is 5. The average Bonchev–Trinajstić information content (AvgIpc) is 3.00. The lowest BCUT2D eigenvalue weighted by Crippen LogP contribution is -2.03. The van der Waals surface area contributed by atoms with Crippen LogP contribution in [0.15, 0.2) is 53.4 Å². The van der Waals surface area contributed by atoms with E-state index < -0.39 is 0 Å². The maximum absolute atomic E-state index is 4.38. The lowest BCUT2D eigenvalue weighted by molar-refractivity contribution is 0.789. The van der Waals surface area contributed by atoms with Crippen molar-refractivity contribution in [2.45, 2.75) is 6.54 Å². The molecule has 20 heavy (non-hydrogen) atoms. The summed E-state index contributed by atoms with van der Waals surface area (Å²) in [6.45, 7) is 0.651. The first-order valence-electron chi connectivity index (χ1n) is 6.00. The molecule has 0 unspecified atom stereocenters. The summed E-state index contributed by atoms with van der Waals surface area (Å²) in [6.07, 6.45) is 1.56. The smallest absolute Gasteiger partial charge is 0.143 e. The molecule has 1 N–H and O–H groups in total. The number of anilines is 1. The minimum atomic E-state index is 0.651. The Morgan fingerprint density at radius 3 is 2.85 bits per heavy atom. The van der Waals surface area contributed by atoms with Gasteiger partial charge in [-0.1, -0.05) is 12.1 Å². The van der Waals surface area contributed by atoms with Crippen LogP contribution in [-0.2, 0) is 6.54 Å². The molecule has 0 aliphatic heterocycles. The van der Waals surface area contributed by atoms with Gasteiger partial charge in [0.1, 0.15) is 10.9 Å². The van der Waals surface area contributed by atoms with Gasteiger partial charge in [0.05, 0.1) is 17.9 Å². The lowest BCUT2D eigenvalue weighted by atomic mass is 10.2. The third-order valence-electron chi connectivity index (χ3n) is 2.71. The topological polar surface area (TPSA) is 68.5 Å². The zero-order chi connectivity index (χ0) is 13.8. The molecule has 0 saturated carbocycles. The van der Waals surface area contributed by atoms with Gasteiger partial charge in [-0.05, 0) is 56.7 Å². The molecule has 0 aliphatic rings. The van der Waals surface area contributed by atoms with E-state index in [1.54, 1.807) is 11.0 Å². The van der Waals surface area contributed by atoms with E-state index in [0.717, 1.165) is 21.7 Å². The molecule has 0 aliphatic carbocycles. The normalized spacial score (nSPS) is 10.4. The molecule has 0 spiro atoms. The molecule has 3 rings (SSSR count). The van der Waals surface area contributed by atoms with Crippen LogP contribution in [0, 0.1) is 0 Å². The summed E-state index contributed by atoms with van der Waals surface area (Å²) in [6, 6.07) is 13.7. The molecular formula is C13H11BrN6. The quantitative estimate of drug-likeness (QED) is 0.744. The van der Waals surface area contributed by atoms with Crippen molar-refractivity contribution in [2.75, 3.05) is 5.32 Å². The first-order chi connectivity index (χ1) is 9.81. The molecule has 6 nitrogen and oxygen atoms in total. The fourth-order valence-electron chi connectivity index (χ4n) is 1.78. The number of tetrazole rings is 1. The largest absolute Gasteiger partial charge is 0.379 e. The van der Waals surface area contributed by atoms with Gasteiger partial charge in [0.15, 0.2) is 0 Å². The Bertz CT molecular complexity index is 698. The van der Waals surface area contributed by atoms with Crippen LogP contribution in [-0.4, -0.2) is 25.2 Å². The van der Waals surface area contributed by atoms with Gasteiger partial charge in [0.2, 0.25) is 0 Å². The van der Waals surface area contributed by atoms with Crippen molar-refractivity contribution in [1.82, 2.24) is 25.2 Å². The van der Waals surface area contributed by atoms with Crippen molar-refractivity contribution in [3.63, 3.8) is 0 Å². The van der Waals surface area contributed by atoms with E-state index in [1.807, 2.05) is 42.5 Å². The van der Waals surface area contributed by atoms with E-state index in [2.05, 4.69) is 41.8 Å². The number of halogens is 1. The van der Waals surface area contributed by atoms with Crippen molar-refractivity contribution in [3.05, 3.63) is 59.1 Å². The van der Waals surface area contributed by atoms with Gasteiger partial charge < -0.3 is 5.32 Å². The van der Waals surface area contributed by atoms with Gasteiger partial charge in [0, 0.05) is 5.69 Å². The van der Waals surface area contributed by atoms with Crippen LogP contribution < -0.4 is 5.32 Å². The van der Waals surface area contributed by atoms with Crippen LogP contribution in [0.1, 0.15) is 5.69 Å². The van der Waals surface area contributed by atoms with Gasteiger partial charge in [-0.15, -0.1) is 5.10 Å². The van der Waals surface area contributed by atoms with Crippen molar-refractivity contribution in [1.29, 1.82) is 0 Å². The number of nitrogens with one attached hydrogen (secondary N) is 1. The van der Waals surface area contributed by atoms with Crippen LogP contribution >= 0.6 is 15.9 Å². The molecule has 0 amide bonds. The molecule has 2 aromatic heterocycles. The molecule has 0 saturated heterocycles. The standard InChI is InChI=1S/C13H11BrN6/c14-13-6-2-4-11(17-13)8-15-10-3-1-5-12(7-10)20-9-16-18-19-20/h1-7,9,15H,8H2. The highest BCUT2D eigenvalue weighted by Gasteiger charge is 2.00. The maximum Gasteiger partial charge on any atom is 0.143 e. The average molecular weight is 331 g/mol. The maximum atomic E-state index is 4.38. The van der Waals surface area contributed by atoms with Crippen LogP contribution in [0.4, 0.5) is 5.69 Å². The van der Waals surface area contributed by atoms with Crippen molar-refractivity contribution in [3.8, 4) is 5.69 Å². The SMILES string of the molecule is Brc1cccc(CNc2cccc(-n3cnnn3)c2)n1. The Morgan fingerprint density at radius 1 is 1.15 bits per heavy atom.